The van der Waals surface area contributed by atoms with Crippen molar-refractivity contribution in [2.45, 2.75) is 19.9 Å². The maximum absolute atomic E-state index is 12.8. The van der Waals surface area contributed by atoms with Crippen molar-refractivity contribution in [1.82, 2.24) is 20.0 Å². The molecule has 2 aromatic rings. The van der Waals surface area contributed by atoms with Gasteiger partial charge >= 0.3 is 5.97 Å². The van der Waals surface area contributed by atoms with Crippen molar-refractivity contribution in [2.75, 3.05) is 13.1 Å². The summed E-state index contributed by atoms with van der Waals surface area (Å²) in [6.07, 6.45) is 1.45. The molecule has 2 N–H and O–H groups in total. The van der Waals surface area contributed by atoms with Crippen molar-refractivity contribution in [3.63, 3.8) is 0 Å². The van der Waals surface area contributed by atoms with Crippen LogP contribution in [0.15, 0.2) is 36.5 Å². The maximum atomic E-state index is 12.8. The fraction of sp³-hybridized carbons (Fsp3) is 0.294. The summed E-state index contributed by atoms with van der Waals surface area (Å²) in [5.74, 6) is -2.14. The molecule has 1 aromatic carbocycles. The molecule has 0 fully saturated rings. The van der Waals surface area contributed by atoms with Gasteiger partial charge in [-0.2, -0.15) is 5.10 Å². The molecule has 0 saturated heterocycles. The Balaban J connectivity index is 2.25. The van der Waals surface area contributed by atoms with E-state index in [1.807, 2.05) is 0 Å². The van der Waals surface area contributed by atoms with Crippen LogP contribution in [0.3, 0.4) is 0 Å². The number of aromatic nitrogens is 2. The van der Waals surface area contributed by atoms with E-state index in [2.05, 4.69) is 10.4 Å². The molecule has 0 spiro atoms. The van der Waals surface area contributed by atoms with Crippen molar-refractivity contribution in [3.8, 4) is 5.69 Å². The second kappa shape index (κ2) is 8.75. The molecule has 1 aromatic heterocycles. The first-order valence-electron chi connectivity index (χ1n) is 8.29. The standard InChI is InChI=1S/C17H19N5O6/c1-11(17(25)26)20(9-7-18-12(2)23)16(24)15-6-8-21(19-15)13-4-3-5-14(10-13)22(27)28/h3-6,8,10-11H,7,9H2,1-2H3,(H,18,23)(H,25,26). The molecule has 28 heavy (non-hydrogen) atoms. The minimum absolute atomic E-state index is 0.0183. The van der Waals surface area contributed by atoms with Crippen LogP contribution < -0.4 is 5.32 Å². The fourth-order valence-corrected chi connectivity index (χ4v) is 2.43. The van der Waals surface area contributed by atoms with E-state index in [-0.39, 0.29) is 30.4 Å². The Morgan fingerprint density at radius 3 is 2.68 bits per heavy atom. The zero-order valence-corrected chi connectivity index (χ0v) is 15.2. The van der Waals surface area contributed by atoms with Gasteiger partial charge in [-0.25, -0.2) is 9.48 Å². The predicted molar refractivity (Wildman–Crippen MR) is 97.0 cm³/mol. The van der Waals surface area contributed by atoms with Gasteiger partial charge < -0.3 is 15.3 Å². The molecule has 1 heterocycles. The minimum Gasteiger partial charge on any atom is -0.480 e. The van der Waals surface area contributed by atoms with Crippen LogP contribution in [0.2, 0.25) is 0 Å². The number of carboxylic acid groups (broad SMARTS) is 1. The highest BCUT2D eigenvalue weighted by Gasteiger charge is 2.27. The average molecular weight is 389 g/mol. The van der Waals surface area contributed by atoms with Crippen LogP contribution in [-0.4, -0.2) is 61.6 Å². The van der Waals surface area contributed by atoms with E-state index < -0.39 is 22.8 Å². The van der Waals surface area contributed by atoms with Gasteiger partial charge in [0.05, 0.1) is 10.6 Å². The van der Waals surface area contributed by atoms with Gasteiger partial charge in [0.15, 0.2) is 5.69 Å². The molecule has 0 radical (unpaired) electrons. The van der Waals surface area contributed by atoms with Crippen LogP contribution >= 0.6 is 0 Å². The first kappa shape index (κ1) is 20.6. The van der Waals surface area contributed by atoms with Crippen LogP contribution in [0.5, 0.6) is 0 Å². The number of nitrogens with one attached hydrogen (secondary N) is 1. The maximum Gasteiger partial charge on any atom is 0.326 e. The zero-order chi connectivity index (χ0) is 20.8. The van der Waals surface area contributed by atoms with Crippen LogP contribution in [-0.2, 0) is 9.59 Å². The predicted octanol–water partition coefficient (Wildman–Crippen LogP) is 0.832. The molecule has 0 saturated carbocycles. The van der Waals surface area contributed by atoms with E-state index in [1.54, 1.807) is 6.07 Å². The van der Waals surface area contributed by atoms with E-state index in [0.717, 1.165) is 4.90 Å². The molecule has 148 valence electrons. The number of non-ortho nitro benzene ring substituents is 1. The highest BCUT2D eigenvalue weighted by molar-refractivity contribution is 5.95. The lowest BCUT2D eigenvalue weighted by atomic mass is 10.2. The molecule has 1 unspecified atom stereocenters. The van der Waals surface area contributed by atoms with E-state index in [0.29, 0.717) is 5.69 Å². The molecular weight excluding hydrogens is 370 g/mol. The number of aliphatic carboxylic acids is 1. The Bertz CT molecular complexity index is 909. The topological polar surface area (TPSA) is 148 Å². The average Bonchev–Trinajstić information content (AvgIpc) is 3.14. The van der Waals surface area contributed by atoms with Crippen LogP contribution in [0.25, 0.3) is 5.69 Å². The highest BCUT2D eigenvalue weighted by atomic mass is 16.6. The Labute approximate surface area is 159 Å². The quantitative estimate of drug-likeness (QED) is 0.502. The van der Waals surface area contributed by atoms with Crippen molar-refractivity contribution in [1.29, 1.82) is 0 Å². The van der Waals surface area contributed by atoms with Gasteiger partial charge in [0, 0.05) is 38.3 Å². The molecule has 2 rings (SSSR count). The first-order chi connectivity index (χ1) is 13.2. The number of hydrogen-bond donors (Lipinski definition) is 2. The number of amides is 2. The summed E-state index contributed by atoms with van der Waals surface area (Å²) in [6.45, 7) is 2.74. The van der Waals surface area contributed by atoms with Gasteiger partial charge in [-0.15, -0.1) is 0 Å². The lowest BCUT2D eigenvalue weighted by molar-refractivity contribution is -0.384. The van der Waals surface area contributed by atoms with Gasteiger partial charge in [0.1, 0.15) is 6.04 Å². The molecule has 0 aliphatic heterocycles. The normalized spacial score (nSPS) is 11.5. The third kappa shape index (κ3) is 4.90. The summed E-state index contributed by atoms with van der Waals surface area (Å²) in [5, 5.41) is 26.8. The molecule has 2 amide bonds. The van der Waals surface area contributed by atoms with Gasteiger partial charge in [-0.1, -0.05) is 6.07 Å². The van der Waals surface area contributed by atoms with Crippen molar-refractivity contribution in [2.24, 2.45) is 0 Å². The Morgan fingerprint density at radius 2 is 2.07 bits per heavy atom. The molecular formula is C17H19N5O6. The summed E-state index contributed by atoms with van der Waals surface area (Å²) in [5.41, 5.74) is 0.226. The highest BCUT2D eigenvalue weighted by Crippen LogP contribution is 2.17. The van der Waals surface area contributed by atoms with Gasteiger partial charge in [0.25, 0.3) is 11.6 Å². The molecule has 1 atom stereocenters. The van der Waals surface area contributed by atoms with Crippen molar-refractivity contribution >= 4 is 23.5 Å². The number of carboxylic acids is 1. The molecule has 0 aliphatic carbocycles. The van der Waals surface area contributed by atoms with Gasteiger partial charge in [-0.05, 0) is 19.1 Å². The van der Waals surface area contributed by atoms with E-state index >= 15 is 0 Å². The third-order valence-electron chi connectivity index (χ3n) is 3.93. The monoisotopic (exact) mass is 389 g/mol. The Kier molecular flexibility index (Phi) is 6.42. The fourth-order valence-electron chi connectivity index (χ4n) is 2.43. The smallest absolute Gasteiger partial charge is 0.326 e. The summed E-state index contributed by atoms with van der Waals surface area (Å²) < 4.78 is 1.29. The number of nitro benzene ring substituents is 1. The van der Waals surface area contributed by atoms with E-state index in [4.69, 9.17) is 0 Å². The minimum atomic E-state index is -1.20. The van der Waals surface area contributed by atoms with Crippen LogP contribution in [0.4, 0.5) is 5.69 Å². The number of carbonyl (C=O) groups is 3. The summed E-state index contributed by atoms with van der Waals surface area (Å²) in [6, 6.07) is 5.96. The number of carbonyl (C=O) groups excluding carboxylic acids is 2. The first-order valence-corrected chi connectivity index (χ1v) is 8.29. The molecule has 0 aliphatic rings. The lowest BCUT2D eigenvalue weighted by Crippen LogP contribution is -2.46. The number of nitrogens with zero attached hydrogens (tertiary/aromatic N) is 4. The lowest BCUT2D eigenvalue weighted by Gasteiger charge is -2.25. The van der Waals surface area contributed by atoms with Crippen LogP contribution in [0, 0.1) is 10.1 Å². The Hall–Kier alpha value is -3.76. The second-order valence-electron chi connectivity index (χ2n) is 5.92. The largest absolute Gasteiger partial charge is 0.480 e. The second-order valence-corrected chi connectivity index (χ2v) is 5.92. The Morgan fingerprint density at radius 1 is 1.36 bits per heavy atom. The number of benzene rings is 1. The zero-order valence-electron chi connectivity index (χ0n) is 15.2. The van der Waals surface area contributed by atoms with Gasteiger partial charge in [-0.3, -0.25) is 19.7 Å². The molecule has 11 heteroatoms. The summed E-state index contributed by atoms with van der Waals surface area (Å²) >= 11 is 0. The van der Waals surface area contributed by atoms with Crippen molar-refractivity contribution < 1.29 is 24.4 Å². The number of nitro groups is 1. The number of rotatable bonds is 8. The van der Waals surface area contributed by atoms with Crippen molar-refractivity contribution in [3.05, 3.63) is 52.3 Å². The molecule has 11 nitrogen and oxygen atoms in total. The summed E-state index contributed by atoms with van der Waals surface area (Å²) in [4.78, 5) is 46.5. The molecule has 0 bridgehead atoms. The van der Waals surface area contributed by atoms with E-state index in [1.165, 1.54) is 49.0 Å². The van der Waals surface area contributed by atoms with Gasteiger partial charge in [0.2, 0.25) is 5.91 Å². The van der Waals surface area contributed by atoms with E-state index in [9.17, 15) is 29.6 Å². The van der Waals surface area contributed by atoms with Crippen LogP contribution in [0.1, 0.15) is 24.3 Å². The third-order valence-corrected chi connectivity index (χ3v) is 3.93. The summed E-state index contributed by atoms with van der Waals surface area (Å²) in [7, 11) is 0. The SMILES string of the molecule is CC(=O)NCCN(C(=O)c1ccn(-c2cccc([N+](=O)[O-])c2)n1)C(C)C(=O)O. The number of hydrogen-bond acceptors (Lipinski definition) is 6.